The van der Waals surface area contributed by atoms with E-state index in [0.29, 0.717) is 12.5 Å². The predicted molar refractivity (Wildman–Crippen MR) is 75.8 cm³/mol. The second kappa shape index (κ2) is 6.53. The Morgan fingerprint density at radius 1 is 1.35 bits per heavy atom. The third kappa shape index (κ3) is 4.09. The molecule has 0 radical (unpaired) electrons. The van der Waals surface area contributed by atoms with Crippen molar-refractivity contribution in [2.75, 3.05) is 6.54 Å². The van der Waals surface area contributed by atoms with E-state index in [1.807, 2.05) is 25.1 Å². The lowest BCUT2D eigenvalue weighted by atomic mass is 9.88. The third-order valence-corrected chi connectivity index (χ3v) is 3.68. The van der Waals surface area contributed by atoms with E-state index in [2.05, 4.69) is 29.8 Å². The molecule has 96 valence electrons. The molecule has 0 aliphatic carbocycles. The van der Waals surface area contributed by atoms with Crippen molar-refractivity contribution in [1.82, 2.24) is 0 Å². The summed E-state index contributed by atoms with van der Waals surface area (Å²) in [4.78, 5) is 0. The van der Waals surface area contributed by atoms with Gasteiger partial charge in [0.1, 0.15) is 0 Å². The van der Waals surface area contributed by atoms with Crippen LogP contribution >= 0.6 is 15.9 Å². The third-order valence-electron chi connectivity index (χ3n) is 3.00. The van der Waals surface area contributed by atoms with E-state index in [1.54, 1.807) is 0 Å². The van der Waals surface area contributed by atoms with Crippen molar-refractivity contribution in [1.29, 1.82) is 0 Å². The Balaban J connectivity index is 2.89. The highest BCUT2D eigenvalue weighted by Gasteiger charge is 2.22. The Morgan fingerprint density at radius 2 is 2.00 bits per heavy atom. The van der Waals surface area contributed by atoms with Crippen LogP contribution in [-0.2, 0) is 0 Å². The molecule has 2 unspecified atom stereocenters. The van der Waals surface area contributed by atoms with Crippen LogP contribution in [0.4, 0.5) is 0 Å². The summed E-state index contributed by atoms with van der Waals surface area (Å²) >= 11 is 3.51. The monoisotopic (exact) mass is 299 g/mol. The Labute approximate surface area is 112 Å². The van der Waals surface area contributed by atoms with Crippen molar-refractivity contribution in [3.05, 3.63) is 33.8 Å². The fourth-order valence-corrected chi connectivity index (χ4v) is 2.81. The largest absolute Gasteiger partial charge is 0.388 e. The summed E-state index contributed by atoms with van der Waals surface area (Å²) in [7, 11) is 0. The van der Waals surface area contributed by atoms with Crippen molar-refractivity contribution >= 4 is 15.9 Å². The van der Waals surface area contributed by atoms with Gasteiger partial charge in [0, 0.05) is 10.4 Å². The molecule has 2 atom stereocenters. The molecule has 1 aromatic rings. The highest BCUT2D eigenvalue weighted by Crippen LogP contribution is 2.32. The number of aliphatic hydroxyl groups is 1. The lowest BCUT2D eigenvalue weighted by Crippen LogP contribution is -2.23. The maximum Gasteiger partial charge on any atom is 0.0841 e. The van der Waals surface area contributed by atoms with Crippen molar-refractivity contribution in [3.8, 4) is 0 Å². The van der Waals surface area contributed by atoms with E-state index in [4.69, 9.17) is 5.73 Å². The molecule has 0 saturated heterocycles. The first-order chi connectivity index (χ1) is 7.95. The number of aliphatic hydroxyl groups excluding tert-OH is 1. The average Bonchev–Trinajstić information content (AvgIpc) is 2.24. The van der Waals surface area contributed by atoms with Gasteiger partial charge in [0.15, 0.2) is 0 Å². The molecule has 1 rings (SSSR count). The van der Waals surface area contributed by atoms with Gasteiger partial charge in [-0.1, -0.05) is 41.9 Å². The SMILES string of the molecule is Cc1ccc(C(O)C(CN)CC(C)C)c(Br)c1. The molecular weight excluding hydrogens is 278 g/mol. The summed E-state index contributed by atoms with van der Waals surface area (Å²) in [6.07, 6.45) is 0.454. The topological polar surface area (TPSA) is 46.2 Å². The van der Waals surface area contributed by atoms with Crippen molar-refractivity contribution < 1.29 is 5.11 Å². The van der Waals surface area contributed by atoms with E-state index >= 15 is 0 Å². The van der Waals surface area contributed by atoms with Gasteiger partial charge in [-0.2, -0.15) is 0 Å². The minimum atomic E-state index is -0.489. The van der Waals surface area contributed by atoms with E-state index < -0.39 is 6.10 Å². The van der Waals surface area contributed by atoms with Crippen LogP contribution in [0.1, 0.15) is 37.5 Å². The average molecular weight is 300 g/mol. The molecule has 3 N–H and O–H groups in total. The number of hydrogen-bond donors (Lipinski definition) is 2. The highest BCUT2D eigenvalue weighted by molar-refractivity contribution is 9.10. The Kier molecular flexibility index (Phi) is 5.63. The minimum Gasteiger partial charge on any atom is -0.388 e. The van der Waals surface area contributed by atoms with Crippen LogP contribution in [0.3, 0.4) is 0 Å². The molecule has 0 amide bonds. The highest BCUT2D eigenvalue weighted by atomic mass is 79.9. The van der Waals surface area contributed by atoms with Crippen LogP contribution in [0.15, 0.2) is 22.7 Å². The molecule has 0 fully saturated rings. The minimum absolute atomic E-state index is 0.119. The molecule has 3 heteroatoms. The van der Waals surface area contributed by atoms with Gasteiger partial charge in [0.25, 0.3) is 0 Å². The first kappa shape index (κ1) is 14.7. The Morgan fingerprint density at radius 3 is 2.47 bits per heavy atom. The van der Waals surface area contributed by atoms with Gasteiger partial charge in [0.05, 0.1) is 6.10 Å². The van der Waals surface area contributed by atoms with Crippen molar-refractivity contribution in [2.45, 2.75) is 33.3 Å². The molecule has 0 heterocycles. The van der Waals surface area contributed by atoms with Gasteiger partial charge in [-0.15, -0.1) is 0 Å². The molecule has 0 aliphatic rings. The molecule has 0 saturated carbocycles. The van der Waals surface area contributed by atoms with Gasteiger partial charge >= 0.3 is 0 Å². The maximum absolute atomic E-state index is 10.4. The maximum atomic E-state index is 10.4. The smallest absolute Gasteiger partial charge is 0.0841 e. The Hall–Kier alpha value is -0.380. The van der Waals surface area contributed by atoms with Crippen LogP contribution in [0, 0.1) is 18.8 Å². The molecule has 0 bridgehead atoms. The van der Waals surface area contributed by atoms with E-state index in [0.717, 1.165) is 16.5 Å². The summed E-state index contributed by atoms with van der Waals surface area (Å²) < 4.78 is 0.965. The lowest BCUT2D eigenvalue weighted by molar-refractivity contribution is 0.0988. The molecule has 0 aromatic heterocycles. The van der Waals surface area contributed by atoms with Gasteiger partial charge in [-0.3, -0.25) is 0 Å². The van der Waals surface area contributed by atoms with E-state index in [1.165, 1.54) is 5.56 Å². The summed E-state index contributed by atoms with van der Waals surface area (Å²) in [6.45, 7) is 6.86. The normalized spacial score (nSPS) is 15.0. The van der Waals surface area contributed by atoms with Crippen molar-refractivity contribution in [2.24, 2.45) is 17.6 Å². The molecule has 1 aromatic carbocycles. The molecule has 17 heavy (non-hydrogen) atoms. The molecule has 0 spiro atoms. The van der Waals surface area contributed by atoms with Crippen LogP contribution in [0.2, 0.25) is 0 Å². The summed E-state index contributed by atoms with van der Waals surface area (Å²) in [5.74, 6) is 0.663. The first-order valence-corrected chi connectivity index (χ1v) is 6.89. The van der Waals surface area contributed by atoms with Gasteiger partial charge in [-0.05, 0) is 43.0 Å². The number of benzene rings is 1. The first-order valence-electron chi connectivity index (χ1n) is 6.09. The van der Waals surface area contributed by atoms with Crippen LogP contribution in [-0.4, -0.2) is 11.7 Å². The van der Waals surface area contributed by atoms with E-state index in [-0.39, 0.29) is 5.92 Å². The zero-order valence-electron chi connectivity index (χ0n) is 10.8. The molecule has 2 nitrogen and oxygen atoms in total. The predicted octanol–water partition coefficient (Wildman–Crippen LogP) is 3.41. The van der Waals surface area contributed by atoms with Crippen LogP contribution < -0.4 is 5.73 Å². The molecular formula is C14H22BrNO. The van der Waals surface area contributed by atoms with Crippen LogP contribution in [0.5, 0.6) is 0 Å². The number of nitrogens with two attached hydrogens (primary N) is 1. The standard InChI is InChI=1S/C14H22BrNO/c1-9(2)6-11(8-16)14(17)12-5-4-10(3)7-13(12)15/h4-5,7,9,11,14,17H,6,8,16H2,1-3H3. The number of aryl methyl sites for hydroxylation is 1. The number of halogens is 1. The number of hydrogen-bond acceptors (Lipinski definition) is 2. The second-order valence-corrected chi connectivity index (χ2v) is 5.95. The van der Waals surface area contributed by atoms with Gasteiger partial charge < -0.3 is 10.8 Å². The fraction of sp³-hybridized carbons (Fsp3) is 0.571. The fourth-order valence-electron chi connectivity index (χ4n) is 2.09. The summed E-state index contributed by atoms with van der Waals surface area (Å²) in [5.41, 5.74) is 7.88. The summed E-state index contributed by atoms with van der Waals surface area (Å²) in [5, 5.41) is 10.4. The lowest BCUT2D eigenvalue weighted by Gasteiger charge is -2.24. The quantitative estimate of drug-likeness (QED) is 0.875. The molecule has 0 aliphatic heterocycles. The van der Waals surface area contributed by atoms with E-state index in [9.17, 15) is 5.11 Å². The number of rotatable bonds is 5. The van der Waals surface area contributed by atoms with Gasteiger partial charge in [-0.25, -0.2) is 0 Å². The summed E-state index contributed by atoms with van der Waals surface area (Å²) in [6, 6.07) is 6.03. The van der Waals surface area contributed by atoms with Crippen LogP contribution in [0.25, 0.3) is 0 Å². The van der Waals surface area contributed by atoms with Crippen molar-refractivity contribution in [3.63, 3.8) is 0 Å². The zero-order chi connectivity index (χ0) is 13.0. The zero-order valence-corrected chi connectivity index (χ0v) is 12.4. The second-order valence-electron chi connectivity index (χ2n) is 5.10. The van der Waals surface area contributed by atoms with Gasteiger partial charge in [0.2, 0.25) is 0 Å². The Bertz CT molecular complexity index is 365.